The highest BCUT2D eigenvalue weighted by atomic mass is 35.5. The van der Waals surface area contributed by atoms with Crippen molar-refractivity contribution in [2.24, 2.45) is 10.7 Å². The SMILES string of the molecule is CC(N)C(=O)CNC(=O)C1=CN=C(c2ccc(Cl)cc2Cl)[B]1. The third kappa shape index (κ3) is 3.97. The first kappa shape index (κ1) is 16.7. The van der Waals surface area contributed by atoms with Crippen molar-refractivity contribution in [2.75, 3.05) is 6.54 Å². The summed E-state index contributed by atoms with van der Waals surface area (Å²) in [6.07, 6.45) is 1.42. The van der Waals surface area contributed by atoms with Gasteiger partial charge in [0.25, 0.3) is 0 Å². The Labute approximate surface area is 138 Å². The summed E-state index contributed by atoms with van der Waals surface area (Å²) in [5.74, 6) is -0.633. The lowest BCUT2D eigenvalue weighted by Crippen LogP contribution is -2.39. The summed E-state index contributed by atoms with van der Waals surface area (Å²) >= 11 is 12.0. The number of nitrogens with zero attached hydrogens (tertiary/aromatic N) is 1. The van der Waals surface area contributed by atoms with E-state index in [1.165, 1.54) is 6.20 Å². The summed E-state index contributed by atoms with van der Waals surface area (Å²) in [6, 6.07) is 4.42. The van der Waals surface area contributed by atoms with Crippen LogP contribution in [0.5, 0.6) is 0 Å². The normalized spacial score (nSPS) is 14.7. The molecule has 0 spiro atoms. The van der Waals surface area contributed by atoms with Crippen molar-refractivity contribution in [3.05, 3.63) is 45.5 Å². The van der Waals surface area contributed by atoms with Gasteiger partial charge in [0, 0.05) is 27.9 Å². The van der Waals surface area contributed by atoms with Crippen molar-refractivity contribution in [2.45, 2.75) is 13.0 Å². The predicted octanol–water partition coefficient (Wildman–Crippen LogP) is 1.33. The topological polar surface area (TPSA) is 84.5 Å². The highest BCUT2D eigenvalue weighted by molar-refractivity contribution is 6.88. The molecule has 1 aromatic rings. The summed E-state index contributed by atoms with van der Waals surface area (Å²) in [6.45, 7) is 1.46. The van der Waals surface area contributed by atoms with Crippen LogP contribution < -0.4 is 11.1 Å². The Kier molecular flexibility index (Phi) is 5.40. The molecule has 1 aliphatic rings. The van der Waals surface area contributed by atoms with Crippen molar-refractivity contribution < 1.29 is 9.59 Å². The van der Waals surface area contributed by atoms with Crippen LogP contribution in [0.1, 0.15) is 12.5 Å². The lowest BCUT2D eigenvalue weighted by Gasteiger charge is -2.07. The zero-order chi connectivity index (χ0) is 16.3. The Balaban J connectivity index is 1.96. The van der Waals surface area contributed by atoms with Crippen LogP contribution in [-0.2, 0) is 9.59 Å². The monoisotopic (exact) mass is 336 g/mol. The van der Waals surface area contributed by atoms with Crippen molar-refractivity contribution >= 4 is 47.8 Å². The number of nitrogens with two attached hydrogens (primary N) is 1. The summed E-state index contributed by atoms with van der Waals surface area (Å²) < 4.78 is 0. The molecule has 113 valence electrons. The number of carbonyl (C=O) groups excluding carboxylic acids is 2. The van der Waals surface area contributed by atoms with Crippen molar-refractivity contribution in [3.8, 4) is 0 Å². The van der Waals surface area contributed by atoms with Crippen LogP contribution in [0.4, 0.5) is 0 Å². The molecule has 1 unspecified atom stereocenters. The predicted molar refractivity (Wildman–Crippen MR) is 88.5 cm³/mol. The largest absolute Gasteiger partial charge is 0.346 e. The van der Waals surface area contributed by atoms with Gasteiger partial charge < -0.3 is 11.1 Å². The average molecular weight is 337 g/mol. The zero-order valence-corrected chi connectivity index (χ0v) is 13.3. The molecule has 0 aliphatic carbocycles. The van der Waals surface area contributed by atoms with Crippen LogP contribution in [0.3, 0.4) is 0 Å². The van der Waals surface area contributed by atoms with E-state index in [2.05, 4.69) is 10.3 Å². The Morgan fingerprint density at radius 2 is 2.14 bits per heavy atom. The second-order valence-corrected chi connectivity index (χ2v) is 5.65. The van der Waals surface area contributed by atoms with E-state index in [0.29, 0.717) is 26.7 Å². The van der Waals surface area contributed by atoms with E-state index in [0.717, 1.165) is 0 Å². The molecule has 1 heterocycles. The van der Waals surface area contributed by atoms with E-state index in [1.807, 2.05) is 0 Å². The Bertz CT molecular complexity index is 687. The number of ketones is 1. The molecule has 1 aromatic carbocycles. The Morgan fingerprint density at radius 1 is 1.41 bits per heavy atom. The van der Waals surface area contributed by atoms with E-state index in [9.17, 15) is 9.59 Å². The minimum Gasteiger partial charge on any atom is -0.346 e. The molecule has 0 saturated carbocycles. The molecule has 8 heteroatoms. The number of benzene rings is 1. The number of hydrogen-bond donors (Lipinski definition) is 2. The maximum absolute atomic E-state index is 12.0. The lowest BCUT2D eigenvalue weighted by atomic mass is 9.64. The number of hydrogen-bond acceptors (Lipinski definition) is 4. The van der Waals surface area contributed by atoms with Crippen LogP contribution in [-0.4, -0.2) is 37.2 Å². The van der Waals surface area contributed by atoms with E-state index in [1.54, 1.807) is 32.4 Å². The second-order valence-electron chi connectivity index (χ2n) is 4.80. The molecular weight excluding hydrogens is 324 g/mol. The summed E-state index contributed by atoms with van der Waals surface area (Å²) in [5, 5.41) is 3.48. The molecule has 2 rings (SSSR count). The lowest BCUT2D eigenvalue weighted by molar-refractivity contribution is -0.123. The van der Waals surface area contributed by atoms with Gasteiger partial charge in [0.1, 0.15) is 0 Å². The fourth-order valence-corrected chi connectivity index (χ4v) is 2.27. The number of amides is 1. The number of Topliss-reactive ketones (excluding diaryl/α,β-unsaturated/α-hetero) is 1. The molecule has 1 atom stereocenters. The van der Waals surface area contributed by atoms with E-state index in [4.69, 9.17) is 28.9 Å². The number of halogens is 2. The molecule has 1 amide bonds. The van der Waals surface area contributed by atoms with Crippen molar-refractivity contribution in [1.29, 1.82) is 0 Å². The first-order valence-corrected chi connectivity index (χ1v) is 7.28. The minimum atomic E-state index is -0.610. The van der Waals surface area contributed by atoms with Gasteiger partial charge in [-0.2, -0.15) is 0 Å². The Morgan fingerprint density at radius 3 is 2.77 bits per heavy atom. The molecule has 1 aliphatic heterocycles. The second kappa shape index (κ2) is 7.09. The third-order valence-corrected chi connectivity index (χ3v) is 3.58. The maximum Gasteiger partial charge on any atom is 0.240 e. The van der Waals surface area contributed by atoms with Crippen molar-refractivity contribution in [1.82, 2.24) is 5.32 Å². The van der Waals surface area contributed by atoms with Gasteiger partial charge in [-0.15, -0.1) is 0 Å². The highest BCUT2D eigenvalue weighted by Gasteiger charge is 2.22. The molecule has 0 saturated heterocycles. The highest BCUT2D eigenvalue weighted by Crippen LogP contribution is 2.23. The van der Waals surface area contributed by atoms with Crippen LogP contribution in [0.25, 0.3) is 0 Å². The quantitative estimate of drug-likeness (QED) is 0.795. The van der Waals surface area contributed by atoms with Gasteiger partial charge in [0.15, 0.2) is 5.78 Å². The molecule has 22 heavy (non-hydrogen) atoms. The van der Waals surface area contributed by atoms with Gasteiger partial charge in [0.05, 0.1) is 17.6 Å². The van der Waals surface area contributed by atoms with Gasteiger partial charge in [0.2, 0.25) is 13.2 Å². The standard InChI is InChI=1S/C14H13BCl2N3O2/c1-7(18)12(21)6-20-14(22)10-5-19-13(15-10)9-3-2-8(16)4-11(9)17/h2-5,7H,6,18H2,1H3,(H,20,22). The van der Waals surface area contributed by atoms with Gasteiger partial charge >= 0.3 is 0 Å². The minimum absolute atomic E-state index is 0.112. The zero-order valence-electron chi connectivity index (χ0n) is 11.8. The van der Waals surface area contributed by atoms with Crippen LogP contribution >= 0.6 is 23.2 Å². The Hall–Kier alpha value is -1.63. The molecule has 1 radical (unpaired) electrons. The van der Waals surface area contributed by atoms with Gasteiger partial charge in [-0.1, -0.05) is 29.3 Å². The summed E-state index contributed by atoms with van der Waals surface area (Å²) in [4.78, 5) is 27.5. The molecule has 5 nitrogen and oxygen atoms in total. The van der Waals surface area contributed by atoms with Crippen LogP contribution in [0.15, 0.2) is 34.9 Å². The van der Waals surface area contributed by atoms with Gasteiger partial charge in [-0.05, 0) is 19.1 Å². The first-order chi connectivity index (χ1) is 10.4. The van der Waals surface area contributed by atoms with E-state index in [-0.39, 0.29) is 12.3 Å². The molecule has 0 fully saturated rings. The maximum atomic E-state index is 12.0. The van der Waals surface area contributed by atoms with Gasteiger partial charge in [-0.25, -0.2) is 0 Å². The first-order valence-electron chi connectivity index (χ1n) is 6.53. The molecule has 0 aromatic heterocycles. The van der Waals surface area contributed by atoms with Gasteiger partial charge in [-0.3, -0.25) is 14.6 Å². The van der Waals surface area contributed by atoms with Crippen LogP contribution in [0.2, 0.25) is 10.0 Å². The molecular formula is C14H13BCl2N3O2. The summed E-state index contributed by atoms with van der Waals surface area (Å²) in [5.41, 5.74) is 7.02. The molecule has 3 N–H and O–H groups in total. The number of aliphatic imine (C=N–C) groups is 1. The fraction of sp³-hybridized carbons (Fsp3) is 0.214. The van der Waals surface area contributed by atoms with E-state index >= 15 is 0 Å². The molecule has 0 bridgehead atoms. The third-order valence-electron chi connectivity index (χ3n) is 3.04. The number of rotatable bonds is 5. The number of nitrogens with one attached hydrogen (secondary N) is 1. The van der Waals surface area contributed by atoms with Crippen LogP contribution in [0, 0.1) is 0 Å². The summed E-state index contributed by atoms with van der Waals surface area (Å²) in [7, 11) is 1.60. The smallest absolute Gasteiger partial charge is 0.240 e. The average Bonchev–Trinajstić information content (AvgIpc) is 2.93. The number of carbonyl (C=O) groups is 2. The van der Waals surface area contributed by atoms with Crippen molar-refractivity contribution in [3.63, 3.8) is 0 Å². The van der Waals surface area contributed by atoms with E-state index < -0.39 is 11.9 Å². The fourth-order valence-electron chi connectivity index (χ4n) is 1.76.